The van der Waals surface area contributed by atoms with Gasteiger partial charge in [0.25, 0.3) is 5.91 Å². The third-order valence-corrected chi connectivity index (χ3v) is 7.11. The van der Waals surface area contributed by atoms with Crippen molar-refractivity contribution < 1.29 is 23.9 Å². The Morgan fingerprint density at radius 1 is 1.03 bits per heavy atom. The molecule has 0 spiro atoms. The first-order chi connectivity index (χ1) is 15.9. The summed E-state index contributed by atoms with van der Waals surface area (Å²) >= 11 is 1.32. The number of carbonyl (C=O) groups excluding carboxylic acids is 3. The van der Waals surface area contributed by atoms with Crippen LogP contribution >= 0.6 is 11.8 Å². The van der Waals surface area contributed by atoms with Crippen molar-refractivity contribution in [3.05, 3.63) is 29.8 Å². The maximum atomic E-state index is 12.7. The molecule has 182 valence electrons. The van der Waals surface area contributed by atoms with Crippen LogP contribution in [-0.4, -0.2) is 66.4 Å². The molecule has 2 amide bonds. The normalized spacial score (nSPS) is 22.2. The topological polar surface area (TPSA) is 84.9 Å². The van der Waals surface area contributed by atoms with E-state index in [1.165, 1.54) is 31.0 Å². The molecule has 1 aromatic carbocycles. The third kappa shape index (κ3) is 8.34. The van der Waals surface area contributed by atoms with Crippen LogP contribution < -0.4 is 5.32 Å². The maximum Gasteiger partial charge on any atom is 0.339 e. The second-order valence-electron chi connectivity index (χ2n) is 9.03. The average Bonchev–Trinajstić information content (AvgIpc) is 2.77. The molecule has 0 unspecified atom stereocenters. The minimum atomic E-state index is -0.554. The van der Waals surface area contributed by atoms with Gasteiger partial charge in [-0.05, 0) is 38.8 Å². The fraction of sp³-hybridized carbons (Fsp3) is 0.640. The molecule has 1 heterocycles. The molecule has 1 N–H and O–H groups in total. The third-order valence-electron chi connectivity index (χ3n) is 6.04. The minimum Gasteiger partial charge on any atom is -0.452 e. The van der Waals surface area contributed by atoms with Gasteiger partial charge in [0.15, 0.2) is 6.61 Å². The summed E-state index contributed by atoms with van der Waals surface area (Å²) in [4.78, 5) is 40.0. The van der Waals surface area contributed by atoms with Gasteiger partial charge in [0.2, 0.25) is 5.91 Å². The van der Waals surface area contributed by atoms with Crippen LogP contribution in [0.4, 0.5) is 0 Å². The Kier molecular flexibility index (Phi) is 10.1. The van der Waals surface area contributed by atoms with E-state index in [1.807, 2.05) is 19.9 Å². The highest BCUT2D eigenvalue weighted by Crippen LogP contribution is 2.24. The summed E-state index contributed by atoms with van der Waals surface area (Å²) < 4.78 is 11.0. The number of rotatable bonds is 7. The summed E-state index contributed by atoms with van der Waals surface area (Å²) in [6.45, 7) is 4.51. The number of amides is 2. The van der Waals surface area contributed by atoms with Gasteiger partial charge < -0.3 is 19.7 Å². The van der Waals surface area contributed by atoms with E-state index in [0.29, 0.717) is 23.5 Å². The lowest BCUT2D eigenvalue weighted by atomic mass is 9.97. The first-order valence-corrected chi connectivity index (χ1v) is 13.0. The van der Waals surface area contributed by atoms with Gasteiger partial charge >= 0.3 is 5.97 Å². The van der Waals surface area contributed by atoms with Crippen molar-refractivity contribution >= 4 is 29.5 Å². The Morgan fingerprint density at radius 3 is 2.36 bits per heavy atom. The lowest BCUT2D eigenvalue weighted by Crippen LogP contribution is -2.49. The summed E-state index contributed by atoms with van der Waals surface area (Å²) in [5.74, 6) is -0.557. The number of nitrogens with zero attached hydrogens (tertiary/aromatic N) is 1. The molecular weight excluding hydrogens is 440 g/mol. The molecule has 1 aliphatic carbocycles. The van der Waals surface area contributed by atoms with Crippen molar-refractivity contribution in [2.45, 2.75) is 81.9 Å². The zero-order valence-corrected chi connectivity index (χ0v) is 20.5. The second-order valence-corrected chi connectivity index (χ2v) is 10.0. The van der Waals surface area contributed by atoms with Gasteiger partial charge in [-0.15, -0.1) is 11.8 Å². The van der Waals surface area contributed by atoms with Crippen molar-refractivity contribution in [3.63, 3.8) is 0 Å². The van der Waals surface area contributed by atoms with E-state index in [2.05, 4.69) is 5.32 Å². The average molecular weight is 477 g/mol. The Balaban J connectivity index is 1.49. The van der Waals surface area contributed by atoms with Gasteiger partial charge in [0.1, 0.15) is 0 Å². The number of thioether (sulfide) groups is 1. The van der Waals surface area contributed by atoms with E-state index >= 15 is 0 Å². The number of hydrogen-bond donors (Lipinski definition) is 1. The molecule has 1 aromatic rings. The summed E-state index contributed by atoms with van der Waals surface area (Å²) in [7, 11) is 0. The smallest absolute Gasteiger partial charge is 0.339 e. The highest BCUT2D eigenvalue weighted by molar-refractivity contribution is 8.00. The van der Waals surface area contributed by atoms with Crippen molar-refractivity contribution in [2.24, 2.45) is 0 Å². The lowest BCUT2D eigenvalue weighted by Gasteiger charge is -2.35. The fourth-order valence-corrected chi connectivity index (χ4v) is 5.30. The molecule has 1 aliphatic heterocycles. The summed E-state index contributed by atoms with van der Waals surface area (Å²) in [6, 6.07) is 7.30. The molecule has 2 fully saturated rings. The predicted molar refractivity (Wildman–Crippen MR) is 128 cm³/mol. The Hall–Kier alpha value is -2.06. The predicted octanol–water partition coefficient (Wildman–Crippen LogP) is 3.80. The van der Waals surface area contributed by atoms with E-state index in [4.69, 9.17) is 9.47 Å². The monoisotopic (exact) mass is 476 g/mol. The molecule has 0 aromatic heterocycles. The summed E-state index contributed by atoms with van der Waals surface area (Å²) in [6.07, 6.45) is 8.08. The zero-order valence-electron chi connectivity index (χ0n) is 19.7. The van der Waals surface area contributed by atoms with Crippen LogP contribution in [0, 0.1) is 0 Å². The molecule has 0 bridgehead atoms. The molecule has 8 heteroatoms. The van der Waals surface area contributed by atoms with Crippen LogP contribution in [0.3, 0.4) is 0 Å². The number of nitrogens with one attached hydrogen (secondary N) is 1. The molecule has 2 aliphatic rings. The summed E-state index contributed by atoms with van der Waals surface area (Å²) in [5, 5.41) is 3.15. The molecule has 33 heavy (non-hydrogen) atoms. The van der Waals surface area contributed by atoms with Crippen LogP contribution in [-0.2, 0) is 19.1 Å². The molecule has 0 radical (unpaired) electrons. The van der Waals surface area contributed by atoms with Gasteiger partial charge in [0.05, 0.1) is 23.5 Å². The molecule has 3 rings (SSSR count). The van der Waals surface area contributed by atoms with Crippen LogP contribution in [0.5, 0.6) is 0 Å². The number of ether oxygens (including phenoxy) is 2. The largest absolute Gasteiger partial charge is 0.452 e. The quantitative estimate of drug-likeness (QED) is 0.476. The van der Waals surface area contributed by atoms with Gasteiger partial charge in [-0.1, -0.05) is 44.2 Å². The van der Waals surface area contributed by atoms with Crippen LogP contribution in [0.2, 0.25) is 0 Å². The van der Waals surface area contributed by atoms with Crippen molar-refractivity contribution in [2.75, 3.05) is 25.4 Å². The summed E-state index contributed by atoms with van der Waals surface area (Å²) in [5.41, 5.74) is 0.373. The van der Waals surface area contributed by atoms with Crippen LogP contribution in [0.25, 0.3) is 0 Å². The number of hydrogen-bond acceptors (Lipinski definition) is 6. The highest BCUT2D eigenvalue weighted by Gasteiger charge is 2.27. The highest BCUT2D eigenvalue weighted by atomic mass is 32.2. The van der Waals surface area contributed by atoms with Crippen molar-refractivity contribution in [1.82, 2.24) is 10.2 Å². The second kappa shape index (κ2) is 13.0. The van der Waals surface area contributed by atoms with Gasteiger partial charge in [-0.3, -0.25) is 9.59 Å². The van der Waals surface area contributed by atoms with E-state index in [-0.39, 0.29) is 42.4 Å². The molecule has 2 atom stereocenters. The number of carbonyl (C=O) groups is 3. The van der Waals surface area contributed by atoms with Gasteiger partial charge in [-0.25, -0.2) is 4.79 Å². The molecule has 1 saturated carbocycles. The van der Waals surface area contributed by atoms with Gasteiger partial charge in [-0.2, -0.15) is 0 Å². The first kappa shape index (κ1) is 25.6. The standard InChI is InChI=1S/C25H36N2O5S/c1-18-14-27(15-19(2)32-18)24(29)16-31-25(30)21-12-8-9-13-22(21)33-17-23(28)26-20-10-6-4-3-5-7-11-20/h8-9,12-13,18-20H,3-7,10-11,14-17H2,1-2H3,(H,26,28)/t18-,19-/m1/s1. The zero-order chi connectivity index (χ0) is 23.6. The van der Waals surface area contributed by atoms with Crippen molar-refractivity contribution in [1.29, 1.82) is 0 Å². The van der Waals surface area contributed by atoms with E-state index < -0.39 is 5.97 Å². The minimum absolute atomic E-state index is 0.0144. The SMILES string of the molecule is C[C@@H]1CN(C(=O)COC(=O)c2ccccc2SCC(=O)NC2CCCCCCC2)C[C@@H](C)O1. The molecule has 1 saturated heterocycles. The van der Waals surface area contributed by atoms with Gasteiger partial charge in [0, 0.05) is 24.0 Å². The maximum absolute atomic E-state index is 12.7. The Bertz CT molecular complexity index is 800. The number of esters is 1. The first-order valence-electron chi connectivity index (χ1n) is 12.0. The molecule has 7 nitrogen and oxygen atoms in total. The fourth-order valence-electron chi connectivity index (χ4n) is 4.45. The van der Waals surface area contributed by atoms with E-state index in [1.54, 1.807) is 23.1 Å². The molecular formula is C25H36N2O5S. The number of morpholine rings is 1. The van der Waals surface area contributed by atoms with Crippen LogP contribution in [0.1, 0.15) is 69.2 Å². The Labute approximate surface area is 200 Å². The number of benzene rings is 1. The van der Waals surface area contributed by atoms with E-state index in [9.17, 15) is 14.4 Å². The van der Waals surface area contributed by atoms with Crippen molar-refractivity contribution in [3.8, 4) is 0 Å². The van der Waals surface area contributed by atoms with E-state index in [0.717, 1.165) is 25.7 Å². The Morgan fingerprint density at radius 2 is 1.67 bits per heavy atom. The lowest BCUT2D eigenvalue weighted by molar-refractivity contribution is -0.146. The van der Waals surface area contributed by atoms with Crippen LogP contribution in [0.15, 0.2) is 29.2 Å².